The summed E-state index contributed by atoms with van der Waals surface area (Å²) in [4.78, 5) is 16.4. The predicted molar refractivity (Wildman–Crippen MR) is 78.1 cm³/mol. The van der Waals surface area contributed by atoms with Gasteiger partial charge in [0.2, 0.25) is 5.91 Å². The molecule has 4 nitrogen and oxygen atoms in total. The molecule has 2 rings (SSSR count). The Bertz CT molecular complexity index is 275. The topological polar surface area (TPSA) is 35.6 Å². The number of amides is 1. The van der Waals surface area contributed by atoms with Crippen molar-refractivity contribution in [1.29, 1.82) is 0 Å². The van der Waals surface area contributed by atoms with Gasteiger partial charge in [0.25, 0.3) is 0 Å². The van der Waals surface area contributed by atoms with Gasteiger partial charge in [0.15, 0.2) is 0 Å². The largest absolute Gasteiger partial charge is 0.358 e. The molecule has 2 heterocycles. The number of carbonyl (C=O) groups excluding carboxylic acids is 1. The minimum absolute atomic E-state index is 0.149. The van der Waals surface area contributed by atoms with Crippen molar-refractivity contribution in [2.24, 2.45) is 5.92 Å². The molecule has 0 aromatic rings. The van der Waals surface area contributed by atoms with Gasteiger partial charge in [0.1, 0.15) is 0 Å². The van der Waals surface area contributed by atoms with Crippen LogP contribution < -0.4 is 5.32 Å². The second-order valence-electron chi connectivity index (χ2n) is 6.13. The fraction of sp³-hybridized carbons (Fsp3) is 0.933. The molecule has 2 aliphatic heterocycles. The normalized spacial score (nSPS) is 26.9. The standard InChI is InChI=1S/C15H29N3O/c1-16-15(19)13-18-10-6-7-14(12-18)11-17-8-4-2-3-5-9-17/h14H,2-13H2,1H3,(H,16,19). The van der Waals surface area contributed by atoms with Crippen LogP contribution in [0.25, 0.3) is 0 Å². The van der Waals surface area contributed by atoms with E-state index in [1.165, 1.54) is 58.2 Å². The fourth-order valence-corrected chi connectivity index (χ4v) is 3.41. The lowest BCUT2D eigenvalue weighted by molar-refractivity contribution is -0.122. The molecule has 2 saturated heterocycles. The van der Waals surface area contributed by atoms with Crippen molar-refractivity contribution in [2.75, 3.05) is 46.3 Å². The summed E-state index contributed by atoms with van der Waals surface area (Å²) in [5, 5.41) is 2.73. The summed E-state index contributed by atoms with van der Waals surface area (Å²) in [6.45, 7) is 6.57. The second-order valence-corrected chi connectivity index (χ2v) is 6.13. The minimum atomic E-state index is 0.149. The molecule has 0 aromatic heterocycles. The molecule has 19 heavy (non-hydrogen) atoms. The molecular weight excluding hydrogens is 238 g/mol. The average Bonchev–Trinajstić information content (AvgIpc) is 2.67. The Morgan fingerprint density at radius 1 is 1.05 bits per heavy atom. The zero-order chi connectivity index (χ0) is 13.5. The van der Waals surface area contributed by atoms with Crippen molar-refractivity contribution in [3.8, 4) is 0 Å². The van der Waals surface area contributed by atoms with Crippen LogP contribution in [0.15, 0.2) is 0 Å². The first-order chi connectivity index (χ1) is 9.28. The van der Waals surface area contributed by atoms with Gasteiger partial charge in [0.05, 0.1) is 6.54 Å². The van der Waals surface area contributed by atoms with Crippen molar-refractivity contribution in [3.05, 3.63) is 0 Å². The van der Waals surface area contributed by atoms with E-state index in [-0.39, 0.29) is 5.91 Å². The van der Waals surface area contributed by atoms with Crippen molar-refractivity contribution in [1.82, 2.24) is 15.1 Å². The van der Waals surface area contributed by atoms with Crippen molar-refractivity contribution < 1.29 is 4.79 Å². The van der Waals surface area contributed by atoms with Crippen LogP contribution in [-0.4, -0.2) is 62.0 Å². The van der Waals surface area contributed by atoms with Crippen LogP contribution in [0.5, 0.6) is 0 Å². The van der Waals surface area contributed by atoms with E-state index in [0.29, 0.717) is 6.54 Å². The van der Waals surface area contributed by atoms with Crippen LogP contribution in [0.1, 0.15) is 38.5 Å². The number of rotatable bonds is 4. The van der Waals surface area contributed by atoms with Crippen molar-refractivity contribution in [3.63, 3.8) is 0 Å². The molecule has 2 fully saturated rings. The number of likely N-dealkylation sites (tertiary alicyclic amines) is 2. The average molecular weight is 267 g/mol. The fourth-order valence-electron chi connectivity index (χ4n) is 3.41. The van der Waals surface area contributed by atoms with Gasteiger partial charge in [-0.15, -0.1) is 0 Å². The Balaban J connectivity index is 1.75. The molecule has 1 unspecified atom stereocenters. The second kappa shape index (κ2) is 7.85. The molecule has 0 spiro atoms. The maximum Gasteiger partial charge on any atom is 0.233 e. The van der Waals surface area contributed by atoms with E-state index >= 15 is 0 Å². The summed E-state index contributed by atoms with van der Waals surface area (Å²) in [5.41, 5.74) is 0. The van der Waals surface area contributed by atoms with Crippen LogP contribution in [0, 0.1) is 5.92 Å². The summed E-state index contributed by atoms with van der Waals surface area (Å²) < 4.78 is 0. The maximum absolute atomic E-state index is 11.5. The number of hydrogen-bond donors (Lipinski definition) is 1. The Labute approximate surface area is 117 Å². The van der Waals surface area contributed by atoms with Crippen LogP contribution in [0.2, 0.25) is 0 Å². The highest BCUT2D eigenvalue weighted by Gasteiger charge is 2.23. The van der Waals surface area contributed by atoms with Crippen molar-refractivity contribution in [2.45, 2.75) is 38.5 Å². The summed E-state index contributed by atoms with van der Waals surface area (Å²) in [6, 6.07) is 0. The third-order valence-electron chi connectivity index (χ3n) is 4.46. The lowest BCUT2D eigenvalue weighted by Crippen LogP contribution is -2.44. The third-order valence-corrected chi connectivity index (χ3v) is 4.46. The van der Waals surface area contributed by atoms with Gasteiger partial charge < -0.3 is 10.2 Å². The number of nitrogens with one attached hydrogen (secondary N) is 1. The van der Waals surface area contributed by atoms with Crippen LogP contribution in [0.3, 0.4) is 0 Å². The molecule has 110 valence electrons. The summed E-state index contributed by atoms with van der Waals surface area (Å²) in [6.07, 6.45) is 8.13. The van der Waals surface area contributed by atoms with Crippen LogP contribution >= 0.6 is 0 Å². The molecule has 0 bridgehead atoms. The van der Waals surface area contributed by atoms with E-state index in [1.54, 1.807) is 7.05 Å². The van der Waals surface area contributed by atoms with Crippen LogP contribution in [0.4, 0.5) is 0 Å². The summed E-state index contributed by atoms with van der Waals surface area (Å²) >= 11 is 0. The summed E-state index contributed by atoms with van der Waals surface area (Å²) in [7, 11) is 1.72. The van der Waals surface area contributed by atoms with Gasteiger partial charge in [-0.25, -0.2) is 0 Å². The van der Waals surface area contributed by atoms with Gasteiger partial charge in [-0.1, -0.05) is 12.8 Å². The number of nitrogens with zero attached hydrogens (tertiary/aromatic N) is 2. The molecule has 2 aliphatic rings. The lowest BCUT2D eigenvalue weighted by Gasteiger charge is -2.35. The number of hydrogen-bond acceptors (Lipinski definition) is 3. The zero-order valence-corrected chi connectivity index (χ0v) is 12.4. The monoisotopic (exact) mass is 267 g/mol. The highest BCUT2D eigenvalue weighted by Crippen LogP contribution is 2.19. The van der Waals surface area contributed by atoms with E-state index in [0.717, 1.165) is 19.0 Å². The molecule has 0 aromatic carbocycles. The first-order valence-electron chi connectivity index (χ1n) is 7.93. The van der Waals surface area contributed by atoms with Gasteiger partial charge in [-0.3, -0.25) is 9.69 Å². The first kappa shape index (κ1) is 14.8. The lowest BCUT2D eigenvalue weighted by atomic mass is 9.97. The molecule has 0 aliphatic carbocycles. The van der Waals surface area contributed by atoms with E-state index in [9.17, 15) is 4.79 Å². The maximum atomic E-state index is 11.5. The predicted octanol–water partition coefficient (Wildman–Crippen LogP) is 1.32. The van der Waals surface area contributed by atoms with E-state index < -0.39 is 0 Å². The Kier molecular flexibility index (Phi) is 6.11. The van der Waals surface area contributed by atoms with Crippen LogP contribution in [-0.2, 0) is 4.79 Å². The Hall–Kier alpha value is -0.610. The van der Waals surface area contributed by atoms with E-state index in [4.69, 9.17) is 0 Å². The number of likely N-dealkylation sites (N-methyl/N-ethyl adjacent to an activating group) is 1. The van der Waals surface area contributed by atoms with Gasteiger partial charge in [-0.2, -0.15) is 0 Å². The molecular formula is C15H29N3O. The van der Waals surface area contributed by atoms with Gasteiger partial charge >= 0.3 is 0 Å². The third kappa shape index (κ3) is 5.11. The van der Waals surface area contributed by atoms with E-state index in [2.05, 4.69) is 15.1 Å². The smallest absolute Gasteiger partial charge is 0.233 e. The molecule has 4 heteroatoms. The molecule has 1 N–H and O–H groups in total. The van der Waals surface area contributed by atoms with Gasteiger partial charge in [-0.05, 0) is 51.2 Å². The highest BCUT2D eigenvalue weighted by molar-refractivity contribution is 5.77. The SMILES string of the molecule is CNC(=O)CN1CCCC(CN2CCCCCC2)C1. The number of carbonyl (C=O) groups is 1. The molecule has 0 saturated carbocycles. The Morgan fingerprint density at radius 2 is 1.74 bits per heavy atom. The summed E-state index contributed by atoms with van der Waals surface area (Å²) in [5.74, 6) is 0.909. The minimum Gasteiger partial charge on any atom is -0.358 e. The van der Waals surface area contributed by atoms with Crippen molar-refractivity contribution >= 4 is 5.91 Å². The highest BCUT2D eigenvalue weighted by atomic mass is 16.1. The van der Waals surface area contributed by atoms with Gasteiger partial charge in [0, 0.05) is 20.1 Å². The quantitative estimate of drug-likeness (QED) is 0.834. The molecule has 1 atom stereocenters. The number of piperidine rings is 1. The molecule has 0 radical (unpaired) electrons. The Morgan fingerprint density at radius 3 is 2.42 bits per heavy atom. The first-order valence-corrected chi connectivity index (χ1v) is 7.93. The zero-order valence-electron chi connectivity index (χ0n) is 12.4. The molecule has 1 amide bonds. The van der Waals surface area contributed by atoms with E-state index in [1.807, 2.05) is 0 Å².